The van der Waals surface area contributed by atoms with Gasteiger partial charge in [-0.15, -0.1) is 0 Å². The average molecular weight is 1410 g/mol. The minimum Gasteiger partial charge on any atom is -0.477 e. The van der Waals surface area contributed by atoms with E-state index in [-0.39, 0.29) is 38.2 Å². The van der Waals surface area contributed by atoms with E-state index in [2.05, 4.69) is 123 Å². The highest BCUT2D eigenvalue weighted by molar-refractivity contribution is 5.71. The number of unbranched alkanes of at least 4 members (excludes halogenated alkanes) is 47. The Morgan fingerprint density at radius 3 is 0.792 bits per heavy atom. The van der Waals surface area contributed by atoms with Crippen LogP contribution in [-0.2, 0) is 33.3 Å². The molecule has 2 atom stereocenters. The molecule has 0 saturated carbocycles. The van der Waals surface area contributed by atoms with Crippen molar-refractivity contribution in [2.75, 3.05) is 47.5 Å². The van der Waals surface area contributed by atoms with Crippen molar-refractivity contribution in [1.29, 1.82) is 0 Å². The molecular formula is C92H164NO8+. The van der Waals surface area contributed by atoms with E-state index in [1.807, 2.05) is 21.1 Å². The summed E-state index contributed by atoms with van der Waals surface area (Å²) in [5.74, 6) is -1.98. The summed E-state index contributed by atoms with van der Waals surface area (Å²) in [6, 6.07) is 0. The monoisotopic (exact) mass is 1410 g/mol. The van der Waals surface area contributed by atoms with Gasteiger partial charge in [0.15, 0.2) is 6.10 Å². The second-order valence-corrected chi connectivity index (χ2v) is 30.1. The molecule has 0 aliphatic carbocycles. The molecule has 0 fully saturated rings. The van der Waals surface area contributed by atoms with Crippen LogP contribution >= 0.6 is 0 Å². The summed E-state index contributed by atoms with van der Waals surface area (Å²) in [6.07, 6.45) is 113. The molecule has 9 heteroatoms. The van der Waals surface area contributed by atoms with Crippen molar-refractivity contribution < 1.29 is 42.9 Å². The van der Waals surface area contributed by atoms with Crippen molar-refractivity contribution in [2.24, 2.45) is 0 Å². The summed E-state index contributed by atoms with van der Waals surface area (Å²) in [5, 5.41) is 9.79. The third-order valence-corrected chi connectivity index (χ3v) is 19.0. The van der Waals surface area contributed by atoms with Gasteiger partial charge in [-0.25, -0.2) is 4.79 Å². The van der Waals surface area contributed by atoms with Crippen LogP contribution in [0.25, 0.3) is 0 Å². The summed E-state index contributed by atoms with van der Waals surface area (Å²) in [6.45, 7) is 4.71. The highest BCUT2D eigenvalue weighted by atomic mass is 16.7. The lowest BCUT2D eigenvalue weighted by molar-refractivity contribution is -0.870. The Hall–Kier alpha value is -4.05. The van der Waals surface area contributed by atoms with Crippen LogP contribution in [0, 0.1) is 0 Å². The zero-order chi connectivity index (χ0) is 73.2. The van der Waals surface area contributed by atoms with Crippen molar-refractivity contribution in [3.05, 3.63) is 109 Å². The number of carboxylic acids is 1. The SMILES string of the molecule is CC/C=C\C/C=C\C/C=C\C/C=C\C/C=C\CCCCCCCCCCCCCCCCCCCCCC(=O)OC(COC(=O)CCCCCCCCCCCCCCCCCCCCCCCCCCCCCC/C=C\C/C=C\C/C=C\C/C=C\CC)COC(OCC[N+](C)(C)C)C(=O)O. The van der Waals surface area contributed by atoms with Gasteiger partial charge in [0.05, 0.1) is 34.4 Å². The van der Waals surface area contributed by atoms with Crippen LogP contribution in [0.3, 0.4) is 0 Å². The molecule has 0 aromatic carbocycles. The lowest BCUT2D eigenvalue weighted by Gasteiger charge is -2.25. The molecule has 0 aliphatic heterocycles. The van der Waals surface area contributed by atoms with Crippen LogP contribution in [-0.4, -0.2) is 87.4 Å². The highest BCUT2D eigenvalue weighted by Crippen LogP contribution is 2.20. The Morgan fingerprint density at radius 2 is 0.535 bits per heavy atom. The number of hydrogen-bond acceptors (Lipinski definition) is 7. The minimum atomic E-state index is -1.51. The molecule has 584 valence electrons. The van der Waals surface area contributed by atoms with Crippen LogP contribution in [0.1, 0.15) is 399 Å². The largest absolute Gasteiger partial charge is 0.477 e. The summed E-state index contributed by atoms with van der Waals surface area (Å²) in [4.78, 5) is 37.8. The van der Waals surface area contributed by atoms with Crippen LogP contribution in [0.4, 0.5) is 0 Å². The summed E-state index contributed by atoms with van der Waals surface area (Å²) >= 11 is 0. The predicted octanol–water partition coefficient (Wildman–Crippen LogP) is 28.0. The van der Waals surface area contributed by atoms with Gasteiger partial charge in [-0.3, -0.25) is 9.59 Å². The number of carbonyl (C=O) groups is 3. The molecule has 0 rings (SSSR count). The maximum Gasteiger partial charge on any atom is 0.361 e. The molecule has 0 saturated heterocycles. The number of esters is 2. The predicted molar refractivity (Wildman–Crippen MR) is 438 cm³/mol. The molecular weight excluding hydrogens is 1250 g/mol. The summed E-state index contributed by atoms with van der Waals surface area (Å²) in [5.41, 5.74) is 0. The molecule has 0 radical (unpaired) electrons. The number of aliphatic carboxylic acids is 1. The number of rotatable bonds is 80. The highest BCUT2D eigenvalue weighted by Gasteiger charge is 2.25. The van der Waals surface area contributed by atoms with E-state index in [1.54, 1.807) is 0 Å². The molecule has 0 bridgehead atoms. The normalized spacial score (nSPS) is 13.2. The number of carbonyl (C=O) groups excluding carboxylic acids is 2. The van der Waals surface area contributed by atoms with Gasteiger partial charge in [0, 0.05) is 12.8 Å². The van der Waals surface area contributed by atoms with Crippen molar-refractivity contribution in [3.8, 4) is 0 Å². The van der Waals surface area contributed by atoms with E-state index in [0.29, 0.717) is 17.4 Å². The van der Waals surface area contributed by atoms with Gasteiger partial charge in [-0.05, 0) is 96.3 Å². The Bertz CT molecular complexity index is 2040. The third kappa shape index (κ3) is 83.1. The van der Waals surface area contributed by atoms with Gasteiger partial charge in [-0.2, -0.15) is 0 Å². The standard InChI is InChI=1S/C92H163NO8/c1-6-8-10-12-14-16-18-20-22-24-26-28-30-32-34-36-38-40-42-43-44-45-46-47-49-50-52-54-56-58-60-62-64-66-68-70-72-74-76-78-80-82-89(94)99-86-88(87-100-92(91(96)97)98-85-84-93(3,4)5)101-90(95)83-81-79-77-75-73-71-69-67-65-63-61-59-57-55-53-51-48-41-39-37-35-33-31-29-27-25-23-21-19-17-15-13-11-9-7-2/h8-11,14-17,20-23,26-29,33,35,88,92H,6-7,12-13,18-19,24-25,30-32,34,36-87H2,1-5H3/p+1/b10-8-,11-9-,16-14-,17-15-,22-20-,23-21-,28-26-,29-27-,35-33-. The first-order chi connectivity index (χ1) is 49.6. The van der Waals surface area contributed by atoms with Crippen LogP contribution < -0.4 is 0 Å². The molecule has 2 unspecified atom stereocenters. The van der Waals surface area contributed by atoms with Gasteiger partial charge < -0.3 is 28.5 Å². The van der Waals surface area contributed by atoms with Gasteiger partial charge in [-0.1, -0.05) is 399 Å². The molecule has 0 amide bonds. The number of nitrogens with zero attached hydrogens (tertiary/aromatic N) is 1. The Balaban J connectivity index is 3.93. The van der Waals surface area contributed by atoms with Gasteiger partial charge in [0.2, 0.25) is 0 Å². The van der Waals surface area contributed by atoms with E-state index in [1.165, 1.54) is 276 Å². The Kier molecular flexibility index (Phi) is 78.3. The average Bonchev–Trinajstić information content (AvgIpc) is 1.25. The molecule has 0 aromatic rings. The van der Waals surface area contributed by atoms with Crippen LogP contribution in [0.5, 0.6) is 0 Å². The molecule has 0 spiro atoms. The first-order valence-corrected chi connectivity index (χ1v) is 43.1. The fourth-order valence-corrected chi connectivity index (χ4v) is 12.6. The van der Waals surface area contributed by atoms with Crippen molar-refractivity contribution in [3.63, 3.8) is 0 Å². The molecule has 1 N–H and O–H groups in total. The second-order valence-electron chi connectivity index (χ2n) is 30.1. The number of likely N-dealkylation sites (N-methyl/N-ethyl adjacent to an activating group) is 1. The molecule has 0 aliphatic rings. The van der Waals surface area contributed by atoms with E-state index >= 15 is 0 Å². The lowest BCUT2D eigenvalue weighted by atomic mass is 10.0. The first-order valence-electron chi connectivity index (χ1n) is 43.1. The number of allylic oxidation sites excluding steroid dienone is 18. The van der Waals surface area contributed by atoms with Crippen molar-refractivity contribution in [1.82, 2.24) is 0 Å². The first kappa shape index (κ1) is 97.0. The molecule has 9 nitrogen and oxygen atoms in total. The molecule has 0 aromatic heterocycles. The smallest absolute Gasteiger partial charge is 0.361 e. The van der Waals surface area contributed by atoms with Gasteiger partial charge >= 0.3 is 17.9 Å². The quantitative estimate of drug-likeness (QED) is 0.0211. The molecule has 101 heavy (non-hydrogen) atoms. The fraction of sp³-hybridized carbons (Fsp3) is 0.772. The van der Waals surface area contributed by atoms with E-state index in [9.17, 15) is 19.5 Å². The van der Waals surface area contributed by atoms with E-state index in [4.69, 9.17) is 18.9 Å². The number of ether oxygens (including phenoxy) is 4. The zero-order valence-corrected chi connectivity index (χ0v) is 67.1. The second kappa shape index (κ2) is 81.6. The lowest BCUT2D eigenvalue weighted by Crippen LogP contribution is -2.40. The van der Waals surface area contributed by atoms with E-state index in [0.717, 1.165) is 96.3 Å². The van der Waals surface area contributed by atoms with Gasteiger partial charge in [0.1, 0.15) is 13.2 Å². The zero-order valence-electron chi connectivity index (χ0n) is 67.1. The minimum absolute atomic E-state index is 0.179. The number of carboxylic acid groups (broad SMARTS) is 1. The Morgan fingerprint density at radius 1 is 0.297 bits per heavy atom. The van der Waals surface area contributed by atoms with Crippen molar-refractivity contribution >= 4 is 17.9 Å². The summed E-state index contributed by atoms with van der Waals surface area (Å²) in [7, 11) is 6.00. The molecule has 0 heterocycles. The Labute approximate surface area is 625 Å². The topological polar surface area (TPSA) is 108 Å². The van der Waals surface area contributed by atoms with E-state index < -0.39 is 18.4 Å². The number of hydrogen-bond donors (Lipinski definition) is 1. The summed E-state index contributed by atoms with van der Waals surface area (Å²) < 4.78 is 23.1. The van der Waals surface area contributed by atoms with Gasteiger partial charge in [0.25, 0.3) is 6.29 Å². The fourth-order valence-electron chi connectivity index (χ4n) is 12.6. The maximum absolute atomic E-state index is 13.0. The van der Waals surface area contributed by atoms with Crippen LogP contribution in [0.15, 0.2) is 109 Å². The number of quaternary nitrogens is 1. The van der Waals surface area contributed by atoms with Crippen molar-refractivity contribution in [2.45, 2.75) is 411 Å². The maximum atomic E-state index is 13.0. The third-order valence-electron chi connectivity index (χ3n) is 19.0. The van der Waals surface area contributed by atoms with Crippen LogP contribution in [0.2, 0.25) is 0 Å².